The van der Waals surface area contributed by atoms with Crippen LogP contribution in [0.4, 0.5) is 0 Å². The van der Waals surface area contributed by atoms with Crippen LogP contribution in [0.3, 0.4) is 0 Å². The average Bonchev–Trinajstić information content (AvgIpc) is 3.23. The molecule has 0 aliphatic carbocycles. The number of nitrogens with zero attached hydrogens (tertiary/aromatic N) is 5. The van der Waals surface area contributed by atoms with Gasteiger partial charge in [-0.1, -0.05) is 6.92 Å². The summed E-state index contributed by atoms with van der Waals surface area (Å²) in [5.41, 5.74) is 0.352. The van der Waals surface area contributed by atoms with E-state index in [0.717, 1.165) is 52.0 Å². The minimum absolute atomic E-state index is 0.0507. The molecule has 7 heteroatoms. The maximum absolute atomic E-state index is 12.8. The van der Waals surface area contributed by atoms with Crippen molar-refractivity contribution in [2.45, 2.75) is 51.6 Å². The van der Waals surface area contributed by atoms with Crippen LogP contribution in [0.15, 0.2) is 12.7 Å². The molecule has 1 aromatic rings. The van der Waals surface area contributed by atoms with Crippen molar-refractivity contribution in [1.29, 1.82) is 0 Å². The van der Waals surface area contributed by atoms with Crippen molar-refractivity contribution in [2.75, 3.05) is 39.8 Å². The van der Waals surface area contributed by atoms with Crippen LogP contribution >= 0.6 is 0 Å². The van der Waals surface area contributed by atoms with Gasteiger partial charge in [-0.25, -0.2) is 4.98 Å². The minimum Gasteiger partial charge on any atom is -0.355 e. The predicted molar refractivity (Wildman–Crippen MR) is 97.1 cm³/mol. The van der Waals surface area contributed by atoms with Crippen molar-refractivity contribution < 1.29 is 4.79 Å². The van der Waals surface area contributed by atoms with E-state index in [-0.39, 0.29) is 11.9 Å². The highest BCUT2D eigenvalue weighted by Crippen LogP contribution is 2.43. The molecular weight excluding hydrogens is 316 g/mol. The normalized spacial score (nSPS) is 24.0. The summed E-state index contributed by atoms with van der Waals surface area (Å²) in [6.45, 7) is 8.12. The number of nitrogens with one attached hydrogen (secondary N) is 1. The molecule has 25 heavy (non-hydrogen) atoms. The van der Waals surface area contributed by atoms with E-state index in [1.54, 1.807) is 17.3 Å². The van der Waals surface area contributed by atoms with E-state index in [4.69, 9.17) is 0 Å². The van der Waals surface area contributed by atoms with E-state index < -0.39 is 0 Å². The maximum atomic E-state index is 12.8. The maximum Gasteiger partial charge on any atom is 0.237 e. The molecule has 1 aromatic heterocycles. The molecule has 3 heterocycles. The average molecular weight is 348 g/mol. The lowest BCUT2D eigenvalue weighted by Gasteiger charge is -2.37. The smallest absolute Gasteiger partial charge is 0.237 e. The molecule has 1 spiro atoms. The molecule has 0 bridgehead atoms. The molecule has 0 radical (unpaired) electrons. The fraction of sp³-hybridized carbons (Fsp3) is 0.833. The molecule has 2 saturated heterocycles. The van der Waals surface area contributed by atoms with Crippen LogP contribution in [0.5, 0.6) is 0 Å². The molecule has 2 aliphatic rings. The number of rotatable bonds is 7. The molecule has 0 unspecified atom stereocenters. The van der Waals surface area contributed by atoms with Gasteiger partial charge in [-0.15, -0.1) is 0 Å². The van der Waals surface area contributed by atoms with Gasteiger partial charge in [0.2, 0.25) is 5.91 Å². The number of likely N-dealkylation sites (tertiary alicyclic amines) is 2. The predicted octanol–water partition coefficient (Wildman–Crippen LogP) is 0.981. The van der Waals surface area contributed by atoms with E-state index in [0.29, 0.717) is 12.0 Å². The second-order valence-corrected chi connectivity index (χ2v) is 7.80. The molecule has 2 fully saturated rings. The van der Waals surface area contributed by atoms with Crippen LogP contribution in [0.2, 0.25) is 0 Å². The highest BCUT2D eigenvalue weighted by Gasteiger charge is 2.47. The third-order valence-corrected chi connectivity index (χ3v) is 5.80. The largest absolute Gasteiger partial charge is 0.355 e. The van der Waals surface area contributed by atoms with E-state index in [2.05, 4.69) is 39.2 Å². The van der Waals surface area contributed by atoms with Gasteiger partial charge >= 0.3 is 0 Å². The second-order valence-electron chi connectivity index (χ2n) is 7.80. The van der Waals surface area contributed by atoms with Crippen LogP contribution in [0, 0.1) is 5.41 Å². The Morgan fingerprint density at radius 1 is 1.32 bits per heavy atom. The third-order valence-electron chi connectivity index (χ3n) is 5.80. The second kappa shape index (κ2) is 8.27. The lowest BCUT2D eigenvalue weighted by Crippen LogP contribution is -2.43. The van der Waals surface area contributed by atoms with Crippen molar-refractivity contribution in [3.05, 3.63) is 12.7 Å². The summed E-state index contributed by atoms with van der Waals surface area (Å²) >= 11 is 0. The number of carbonyl (C=O) groups is 1. The molecule has 3 rings (SSSR count). The van der Waals surface area contributed by atoms with Gasteiger partial charge in [-0.05, 0) is 64.2 Å². The summed E-state index contributed by atoms with van der Waals surface area (Å²) < 4.78 is 1.80. The molecule has 1 N–H and O–H groups in total. The fourth-order valence-corrected chi connectivity index (χ4v) is 4.30. The first kappa shape index (κ1) is 18.3. The summed E-state index contributed by atoms with van der Waals surface area (Å²) in [5, 5.41) is 7.24. The molecule has 0 saturated carbocycles. The van der Waals surface area contributed by atoms with Gasteiger partial charge in [0.25, 0.3) is 0 Å². The Kier molecular flexibility index (Phi) is 6.06. The van der Waals surface area contributed by atoms with Crippen LogP contribution in [-0.2, 0) is 11.3 Å². The van der Waals surface area contributed by atoms with Crippen molar-refractivity contribution in [1.82, 2.24) is 29.9 Å². The van der Waals surface area contributed by atoms with Gasteiger partial charge < -0.3 is 10.2 Å². The van der Waals surface area contributed by atoms with Crippen LogP contribution < -0.4 is 5.32 Å². The van der Waals surface area contributed by atoms with Crippen LogP contribution in [0.25, 0.3) is 0 Å². The zero-order valence-corrected chi connectivity index (χ0v) is 15.7. The standard InChI is InChI=1S/C18H32N6O/c1-3-8-23-13-18(5-10-22(2)11-6-18)12-16(23)17(25)20-7-4-9-24-15-19-14-21-24/h14-16H,3-13H2,1-2H3,(H,20,25)/t16-/m0/s1. The number of carbonyl (C=O) groups excluding carboxylic acids is 1. The number of aryl methyl sites for hydroxylation is 1. The zero-order chi connectivity index (χ0) is 17.7. The Balaban J connectivity index is 1.50. The van der Waals surface area contributed by atoms with Crippen LogP contribution in [-0.4, -0.2) is 76.3 Å². The molecule has 2 aliphatic heterocycles. The molecular formula is C18H32N6O. The third kappa shape index (κ3) is 4.58. The Bertz CT molecular complexity index is 538. The molecule has 0 aromatic carbocycles. The first-order valence-corrected chi connectivity index (χ1v) is 9.65. The molecule has 1 atom stereocenters. The Labute approximate surface area is 150 Å². The summed E-state index contributed by atoms with van der Waals surface area (Å²) in [6.07, 6.45) is 8.71. The number of amides is 1. The van der Waals surface area contributed by atoms with Crippen molar-refractivity contribution in [3.8, 4) is 0 Å². The summed E-state index contributed by atoms with van der Waals surface area (Å²) in [7, 11) is 2.20. The van der Waals surface area contributed by atoms with Crippen molar-refractivity contribution >= 4 is 5.91 Å². The van der Waals surface area contributed by atoms with Crippen molar-refractivity contribution in [2.24, 2.45) is 5.41 Å². The van der Waals surface area contributed by atoms with E-state index >= 15 is 0 Å². The van der Waals surface area contributed by atoms with Gasteiger partial charge in [0.05, 0.1) is 6.04 Å². The Morgan fingerprint density at radius 2 is 2.12 bits per heavy atom. The van der Waals surface area contributed by atoms with Gasteiger partial charge in [0.15, 0.2) is 0 Å². The number of piperidine rings is 1. The van der Waals surface area contributed by atoms with E-state index in [1.165, 1.54) is 12.8 Å². The van der Waals surface area contributed by atoms with Gasteiger partial charge in [-0.3, -0.25) is 14.4 Å². The zero-order valence-electron chi connectivity index (χ0n) is 15.7. The molecule has 1 amide bonds. The summed E-state index contributed by atoms with van der Waals surface area (Å²) in [4.78, 5) is 21.6. The lowest BCUT2D eigenvalue weighted by atomic mass is 9.76. The van der Waals surface area contributed by atoms with Crippen molar-refractivity contribution in [3.63, 3.8) is 0 Å². The SMILES string of the molecule is CCCN1CC2(CCN(C)CC2)C[C@H]1C(=O)NCCCn1cncn1. The highest BCUT2D eigenvalue weighted by atomic mass is 16.2. The minimum atomic E-state index is 0.0507. The molecule has 7 nitrogen and oxygen atoms in total. The van der Waals surface area contributed by atoms with Gasteiger partial charge in [0, 0.05) is 19.6 Å². The first-order valence-electron chi connectivity index (χ1n) is 9.65. The van der Waals surface area contributed by atoms with Gasteiger partial charge in [0.1, 0.15) is 12.7 Å². The highest BCUT2D eigenvalue weighted by molar-refractivity contribution is 5.82. The van der Waals surface area contributed by atoms with Crippen LogP contribution in [0.1, 0.15) is 39.0 Å². The fourth-order valence-electron chi connectivity index (χ4n) is 4.30. The number of aromatic nitrogens is 3. The number of hydrogen-bond donors (Lipinski definition) is 1. The first-order chi connectivity index (χ1) is 12.1. The Morgan fingerprint density at radius 3 is 2.80 bits per heavy atom. The molecule has 140 valence electrons. The summed E-state index contributed by atoms with van der Waals surface area (Å²) in [5.74, 6) is 0.211. The lowest BCUT2D eigenvalue weighted by molar-refractivity contribution is -0.125. The number of hydrogen-bond acceptors (Lipinski definition) is 5. The Hall–Kier alpha value is -1.47. The van der Waals surface area contributed by atoms with Gasteiger partial charge in [-0.2, -0.15) is 5.10 Å². The topological polar surface area (TPSA) is 66.3 Å². The van der Waals surface area contributed by atoms with E-state index in [9.17, 15) is 4.79 Å². The van der Waals surface area contributed by atoms with E-state index in [1.807, 2.05) is 0 Å². The monoisotopic (exact) mass is 348 g/mol. The summed E-state index contributed by atoms with van der Waals surface area (Å²) in [6, 6.07) is 0.0507. The quantitative estimate of drug-likeness (QED) is 0.744.